The molecule has 738 valence electrons. The summed E-state index contributed by atoms with van der Waals surface area (Å²) in [6, 6.07) is 62.5. The van der Waals surface area contributed by atoms with Crippen molar-refractivity contribution in [2.24, 2.45) is 0 Å². The van der Waals surface area contributed by atoms with E-state index in [1.165, 1.54) is 73.6 Å². The maximum Gasteiger partial charge on any atom is 0.341 e. The number of ether oxygens (including phenoxy) is 6. The number of pyridine rings is 6. The molecule has 0 saturated heterocycles. The Hall–Kier alpha value is -13.2. The molecule has 12 aromatic heterocycles. The minimum absolute atomic E-state index is 0.0127. The Morgan fingerprint density at radius 3 is 0.779 bits per heavy atom. The zero-order valence-corrected chi connectivity index (χ0v) is 87.0. The lowest BCUT2D eigenvalue weighted by Crippen LogP contribution is -2.06. The van der Waals surface area contributed by atoms with Gasteiger partial charge in [-0.25, -0.2) is 58.7 Å². The average molecular weight is 2300 g/mol. The van der Waals surface area contributed by atoms with Gasteiger partial charge in [-0.15, -0.1) is 0 Å². The Kier molecular flexibility index (Phi) is 39.5. The topological polar surface area (TPSA) is 391 Å². The second-order valence-corrected chi connectivity index (χ2v) is 36.5. The van der Waals surface area contributed by atoms with Crippen molar-refractivity contribution in [3.05, 3.63) is 415 Å². The van der Waals surface area contributed by atoms with Gasteiger partial charge in [0.05, 0.1) is 73.6 Å². The summed E-state index contributed by atoms with van der Waals surface area (Å²) in [6.07, 6.45) is 8.09. The van der Waals surface area contributed by atoms with Gasteiger partial charge in [-0.05, 0) is 93.9 Å². The molecule has 18 rings (SSSR count). The highest BCUT2D eigenvalue weighted by atomic mass is 79.9. The Balaban J connectivity index is 0.000000146. The van der Waals surface area contributed by atoms with E-state index in [-0.39, 0.29) is 114 Å². The van der Waals surface area contributed by atoms with E-state index in [0.29, 0.717) is 98.9 Å². The molecule has 0 atom stereocenters. The normalized spacial score (nSPS) is 10.6. The van der Waals surface area contributed by atoms with E-state index in [1.54, 1.807) is 42.5 Å². The summed E-state index contributed by atoms with van der Waals surface area (Å²) in [5, 5.41) is 26.8. The fraction of sp³-hybridized carbons (Fsp3) is 0.100. The van der Waals surface area contributed by atoms with Crippen molar-refractivity contribution >= 4 is 214 Å². The van der Waals surface area contributed by atoms with Crippen LogP contribution in [0.25, 0.3) is 67.5 Å². The van der Waals surface area contributed by atoms with Gasteiger partial charge < -0.3 is 55.6 Å². The number of carbonyl (C=O) groups is 6. The Bertz CT molecular complexity index is 7390. The summed E-state index contributed by atoms with van der Waals surface area (Å²) in [7, 11) is 0. The zero-order valence-electron chi connectivity index (χ0n) is 74.8. The molecule has 0 aliphatic carbocycles. The lowest BCUT2D eigenvalue weighted by atomic mass is 10.1. The lowest BCUT2D eigenvalue weighted by Gasteiger charge is -2.04. The zero-order chi connectivity index (χ0) is 103. The van der Waals surface area contributed by atoms with Crippen molar-refractivity contribution in [2.75, 3.05) is 0 Å². The van der Waals surface area contributed by atoms with Gasteiger partial charge in [-0.2, -0.15) is 0 Å². The Morgan fingerprint density at radius 2 is 0.490 bits per heavy atom. The number of aromatic nitrogens is 12. The first-order valence-corrected chi connectivity index (χ1v) is 47.8. The third-order valence-corrected chi connectivity index (χ3v) is 23.7. The number of nitrogens with zero attached hydrogens (tertiary/aromatic N) is 12. The molecule has 12 heterocycles. The highest BCUT2D eigenvalue weighted by Crippen LogP contribution is 2.35. The third-order valence-electron chi connectivity index (χ3n) is 19.3. The summed E-state index contributed by atoms with van der Waals surface area (Å²) in [5.74, 6) is -1.47. The van der Waals surface area contributed by atoms with Gasteiger partial charge >= 0.3 is 35.8 Å². The molecule has 30 nitrogen and oxygen atoms in total. The third kappa shape index (κ3) is 31.7. The first-order valence-electron chi connectivity index (χ1n) is 41.7. The van der Waals surface area contributed by atoms with Crippen molar-refractivity contribution < 1.29 is 84.3 Å². The van der Waals surface area contributed by atoms with Gasteiger partial charge in [-0.3, -0.25) is 0 Å². The van der Waals surface area contributed by atoms with Crippen LogP contribution in [0.1, 0.15) is 119 Å². The molecular weight excluding hydrogens is 2230 g/mol. The number of benzene rings is 6. The number of carbonyl (C=O) groups excluding carboxylic acids is 6. The first kappa shape index (κ1) is 109. The van der Waals surface area contributed by atoms with Gasteiger partial charge in [0.1, 0.15) is 65.1 Å². The highest BCUT2D eigenvalue weighted by molar-refractivity contribution is 9.10. The van der Waals surface area contributed by atoms with E-state index in [9.17, 15) is 28.8 Å². The van der Waals surface area contributed by atoms with Crippen LogP contribution in [0, 0.1) is 27.7 Å². The molecule has 0 spiro atoms. The summed E-state index contributed by atoms with van der Waals surface area (Å²) < 4.78 is 62.9. The quantitative estimate of drug-likeness (QED) is 0.0308. The molecule has 0 radical (unpaired) electrons. The Labute approximate surface area is 901 Å². The molecule has 0 saturated carbocycles. The lowest BCUT2D eigenvalue weighted by molar-refractivity contribution is 0.0429. The van der Waals surface area contributed by atoms with Crippen molar-refractivity contribution in [3.8, 4) is 67.5 Å². The van der Waals surface area contributed by atoms with Gasteiger partial charge in [0.2, 0.25) is 0 Å². The predicted octanol–water partition coefficient (Wildman–Crippen LogP) is 29.7. The number of hydrogen-bond acceptors (Lipinski definition) is 30. The number of esters is 6. The molecule has 0 aliphatic rings. The molecular formula is C100H65BrCl14N12O18. The maximum atomic E-state index is 12.1. The fourth-order valence-corrected chi connectivity index (χ4v) is 15.3. The smallest absolute Gasteiger partial charge is 0.341 e. The molecule has 0 N–H and O–H groups in total. The van der Waals surface area contributed by atoms with Crippen LogP contribution in [0.15, 0.2) is 281 Å². The first-order chi connectivity index (χ1) is 69.6. The van der Waals surface area contributed by atoms with Gasteiger partial charge in [0.15, 0.2) is 74.2 Å². The van der Waals surface area contributed by atoms with E-state index in [4.69, 9.17) is 218 Å². The maximum absolute atomic E-state index is 12.1. The van der Waals surface area contributed by atoms with Crippen LogP contribution in [0.2, 0.25) is 71.1 Å². The van der Waals surface area contributed by atoms with Crippen LogP contribution in [0.3, 0.4) is 0 Å². The van der Waals surface area contributed by atoms with Crippen LogP contribution in [0.5, 0.6) is 0 Å². The summed E-state index contributed by atoms with van der Waals surface area (Å²) in [4.78, 5) is 95.1. The molecule has 18 aromatic rings. The Morgan fingerprint density at radius 1 is 0.241 bits per heavy atom. The fourth-order valence-electron chi connectivity index (χ4n) is 12.2. The SMILES string of the molecule is Cc1ccc(-c2cc(COC(=O)c3cc(Cl)cnc3Cl)on2)c(Cl)c1.Cc1ccc(-c2cc(COC(=O)c3cc(Cl)cnc3Cl)on2)cc1.Cc1ccc(-c2cc(COC(=O)c3cc(Cl)cnc3Cl)on2)cc1.Cc1cccc(-c2cc(COC(=O)c3cc(Cl)cnc3Cl)on2)c1.O=C(OCc1cc(-c2ccccc2Br)no1)c1cc(Cl)cnc1Cl.O=C(OCc1cc(-c2ccccc2Cl)no1)c1cc(Cl)cnc1Cl. The summed E-state index contributed by atoms with van der Waals surface area (Å²) >= 11 is 85.8. The van der Waals surface area contributed by atoms with Crippen LogP contribution >= 0.6 is 178 Å². The summed E-state index contributed by atoms with van der Waals surface area (Å²) in [6.45, 7) is 7.44. The minimum atomic E-state index is -0.661. The summed E-state index contributed by atoms with van der Waals surface area (Å²) in [5.41, 5.74) is 13.9. The van der Waals surface area contributed by atoms with Crippen LogP contribution in [-0.2, 0) is 68.1 Å². The number of rotatable bonds is 24. The van der Waals surface area contributed by atoms with Gasteiger partial charge in [-0.1, -0.05) is 341 Å². The number of hydrogen-bond donors (Lipinski definition) is 0. The molecule has 0 bridgehead atoms. The van der Waals surface area contributed by atoms with Crippen molar-refractivity contribution in [2.45, 2.75) is 67.3 Å². The minimum Gasteiger partial charge on any atom is -0.454 e. The number of halogens is 15. The van der Waals surface area contributed by atoms with Crippen LogP contribution in [-0.4, -0.2) is 96.7 Å². The average Bonchev–Trinajstić information content (AvgIpc) is 1.70. The van der Waals surface area contributed by atoms with Gasteiger partial charge in [0, 0.05) is 111 Å². The standard InChI is InChI=1S/C17H11Cl3N2O3.3C17H12Cl2N2O3.C16H9BrCl2N2O3.C16H9Cl3N2O3/c1-9-2-3-12(14(19)4-9)15-6-11(25-22-15)8-24-17(23)13-5-10(18)7-21-16(13)20;2*1-10-2-4-11(5-3-10)15-7-13(24-21-15)9-23-17(22)14-6-12(18)8-20-16(14)19;1-10-3-2-4-11(5-10)15-7-13(24-21-15)9-23-17(22)14-6-12(18)8-20-16(14)19;17-13-4-2-1-3-11(13)14-6-10(24-21-14)8-23-16(22)12-5-9(18)7-20-15(12)19;17-9-5-12(15(19)20-7-9)16(22)23-8-10-6-14(21-24-10)11-3-1-2-4-13(11)18/h2-7H,8H2,1H3;3*2-8H,9H2,1H3;2*1-7H,8H2. The molecule has 6 aromatic carbocycles. The van der Waals surface area contributed by atoms with E-state index in [2.05, 4.69) is 76.8 Å². The van der Waals surface area contributed by atoms with Crippen LogP contribution < -0.4 is 0 Å². The van der Waals surface area contributed by atoms with Crippen molar-refractivity contribution in [1.29, 1.82) is 0 Å². The van der Waals surface area contributed by atoms with Crippen molar-refractivity contribution in [3.63, 3.8) is 0 Å². The van der Waals surface area contributed by atoms with E-state index in [1.807, 2.05) is 161 Å². The van der Waals surface area contributed by atoms with E-state index < -0.39 is 35.8 Å². The molecule has 145 heavy (non-hydrogen) atoms. The van der Waals surface area contributed by atoms with E-state index >= 15 is 0 Å². The highest BCUT2D eigenvalue weighted by Gasteiger charge is 2.25. The molecule has 0 amide bonds. The molecule has 0 unspecified atom stereocenters. The molecule has 0 fully saturated rings. The molecule has 0 aliphatic heterocycles. The van der Waals surface area contributed by atoms with Gasteiger partial charge in [0.25, 0.3) is 0 Å². The number of aryl methyl sites for hydroxylation is 4. The van der Waals surface area contributed by atoms with Crippen LogP contribution in [0.4, 0.5) is 0 Å². The van der Waals surface area contributed by atoms with Crippen molar-refractivity contribution in [1.82, 2.24) is 60.8 Å². The largest absolute Gasteiger partial charge is 0.454 e. The second kappa shape index (κ2) is 52.6. The second-order valence-electron chi connectivity index (χ2n) is 30.0. The molecule has 45 heteroatoms. The monoisotopic (exact) mass is 2290 g/mol. The van der Waals surface area contributed by atoms with E-state index in [0.717, 1.165) is 60.1 Å². The predicted molar refractivity (Wildman–Crippen MR) is 549 cm³/mol.